The largest absolute Gasteiger partial charge is 0.361 e. The molecule has 0 bridgehead atoms. The first-order valence-corrected chi connectivity index (χ1v) is 10.3. The second kappa shape index (κ2) is 7.12. The van der Waals surface area contributed by atoms with E-state index in [2.05, 4.69) is 19.9 Å². The van der Waals surface area contributed by atoms with Gasteiger partial charge in [-0.2, -0.15) is 0 Å². The molecule has 2 saturated heterocycles. The molecule has 6 nitrogen and oxygen atoms in total. The van der Waals surface area contributed by atoms with E-state index in [4.69, 9.17) is 4.52 Å². The molecule has 1 atom stereocenters. The van der Waals surface area contributed by atoms with E-state index >= 15 is 0 Å². The number of carbonyl (C=O) groups is 1. The number of nitrogens with zero attached hydrogens (tertiary/aromatic N) is 4. The van der Waals surface area contributed by atoms with Gasteiger partial charge in [-0.3, -0.25) is 9.69 Å². The third-order valence-electron chi connectivity index (χ3n) is 6.03. The molecule has 2 fully saturated rings. The van der Waals surface area contributed by atoms with Gasteiger partial charge in [-0.05, 0) is 46.1 Å². The Kier molecular flexibility index (Phi) is 4.84. The first-order chi connectivity index (χ1) is 12.6. The second-order valence-electron chi connectivity index (χ2n) is 7.56. The number of rotatable bonds is 4. The molecule has 26 heavy (non-hydrogen) atoms. The SMILES string of the molecule is Cc1noc(C)c1CN1C(=O)CCC12CCCN(Cc1nccs1)CC2. The predicted octanol–water partition coefficient (Wildman–Crippen LogP) is 3.30. The fourth-order valence-corrected chi connectivity index (χ4v) is 5.11. The number of carbonyl (C=O) groups excluding carboxylic acids is 1. The molecule has 0 aromatic carbocycles. The van der Waals surface area contributed by atoms with Gasteiger partial charge in [0.25, 0.3) is 0 Å². The van der Waals surface area contributed by atoms with Crippen molar-refractivity contribution >= 4 is 17.2 Å². The van der Waals surface area contributed by atoms with Crippen LogP contribution in [0.4, 0.5) is 0 Å². The standard InChI is InChI=1S/C19H26N4O2S/c1-14-16(15(2)25-21-14)12-23-18(24)4-6-19(23)5-3-9-22(10-7-19)13-17-20-8-11-26-17/h8,11H,3-7,9-10,12-13H2,1-2H3. The summed E-state index contributed by atoms with van der Waals surface area (Å²) in [5, 5.41) is 7.28. The summed E-state index contributed by atoms with van der Waals surface area (Å²) in [5.74, 6) is 1.11. The van der Waals surface area contributed by atoms with Gasteiger partial charge >= 0.3 is 0 Å². The van der Waals surface area contributed by atoms with Crippen LogP contribution in [-0.2, 0) is 17.9 Å². The number of hydrogen-bond donors (Lipinski definition) is 0. The van der Waals surface area contributed by atoms with Crippen molar-refractivity contribution in [1.82, 2.24) is 19.9 Å². The molecule has 2 aromatic heterocycles. The van der Waals surface area contributed by atoms with Crippen LogP contribution in [0, 0.1) is 13.8 Å². The van der Waals surface area contributed by atoms with E-state index in [0.717, 1.165) is 62.3 Å². The zero-order valence-electron chi connectivity index (χ0n) is 15.5. The lowest BCUT2D eigenvalue weighted by molar-refractivity contribution is -0.132. The highest BCUT2D eigenvalue weighted by Crippen LogP contribution is 2.40. The lowest BCUT2D eigenvalue weighted by Gasteiger charge is -2.38. The maximum Gasteiger partial charge on any atom is 0.223 e. The minimum Gasteiger partial charge on any atom is -0.361 e. The highest BCUT2D eigenvalue weighted by molar-refractivity contribution is 7.09. The molecular weight excluding hydrogens is 348 g/mol. The van der Waals surface area contributed by atoms with Crippen molar-refractivity contribution in [3.8, 4) is 0 Å². The second-order valence-corrected chi connectivity index (χ2v) is 8.54. The molecule has 1 amide bonds. The van der Waals surface area contributed by atoms with Crippen molar-refractivity contribution in [3.63, 3.8) is 0 Å². The van der Waals surface area contributed by atoms with Crippen LogP contribution in [-0.4, -0.2) is 44.5 Å². The first kappa shape index (κ1) is 17.7. The van der Waals surface area contributed by atoms with Crippen LogP contribution in [0.1, 0.15) is 54.1 Å². The molecule has 1 unspecified atom stereocenters. The Morgan fingerprint density at radius 3 is 2.85 bits per heavy atom. The third-order valence-corrected chi connectivity index (χ3v) is 6.79. The van der Waals surface area contributed by atoms with Gasteiger partial charge in [0.1, 0.15) is 10.8 Å². The van der Waals surface area contributed by atoms with Crippen molar-refractivity contribution in [1.29, 1.82) is 0 Å². The van der Waals surface area contributed by atoms with E-state index in [1.165, 1.54) is 5.01 Å². The van der Waals surface area contributed by atoms with Gasteiger partial charge in [0.15, 0.2) is 0 Å². The van der Waals surface area contributed by atoms with Crippen molar-refractivity contribution in [2.75, 3.05) is 13.1 Å². The van der Waals surface area contributed by atoms with Crippen LogP contribution in [0.3, 0.4) is 0 Å². The molecule has 4 heterocycles. The molecular formula is C19H26N4O2S. The zero-order chi connectivity index (χ0) is 18.1. The highest BCUT2D eigenvalue weighted by atomic mass is 32.1. The molecule has 0 saturated carbocycles. The fourth-order valence-electron chi connectivity index (χ4n) is 4.45. The van der Waals surface area contributed by atoms with Crippen LogP contribution in [0.5, 0.6) is 0 Å². The lowest BCUT2D eigenvalue weighted by Crippen LogP contribution is -2.46. The molecule has 2 aliphatic rings. The summed E-state index contributed by atoms with van der Waals surface area (Å²) in [7, 11) is 0. The summed E-state index contributed by atoms with van der Waals surface area (Å²) in [6.45, 7) is 7.55. The van der Waals surface area contributed by atoms with Gasteiger partial charge < -0.3 is 9.42 Å². The number of amides is 1. The van der Waals surface area contributed by atoms with Crippen molar-refractivity contribution < 1.29 is 9.32 Å². The quantitative estimate of drug-likeness (QED) is 0.822. The van der Waals surface area contributed by atoms with Crippen LogP contribution in [0.15, 0.2) is 16.1 Å². The van der Waals surface area contributed by atoms with Crippen molar-refractivity contribution in [2.45, 2.75) is 64.6 Å². The fraction of sp³-hybridized carbons (Fsp3) is 0.632. The van der Waals surface area contributed by atoms with Gasteiger partial charge in [0, 0.05) is 35.6 Å². The minimum absolute atomic E-state index is 0.00907. The van der Waals surface area contributed by atoms with Gasteiger partial charge in [0.05, 0.1) is 18.8 Å². The molecule has 0 radical (unpaired) electrons. The molecule has 4 rings (SSSR count). The normalized spacial score (nSPS) is 24.5. The van der Waals surface area contributed by atoms with E-state index in [1.54, 1.807) is 11.3 Å². The molecule has 7 heteroatoms. The molecule has 0 aliphatic carbocycles. The Labute approximate surface area is 158 Å². The molecule has 2 aliphatic heterocycles. The summed E-state index contributed by atoms with van der Waals surface area (Å²) in [6, 6.07) is 0. The van der Waals surface area contributed by atoms with E-state index < -0.39 is 0 Å². The first-order valence-electron chi connectivity index (χ1n) is 9.40. The average molecular weight is 375 g/mol. The predicted molar refractivity (Wildman–Crippen MR) is 99.7 cm³/mol. The van der Waals surface area contributed by atoms with Gasteiger partial charge in [-0.15, -0.1) is 11.3 Å². The Morgan fingerprint density at radius 2 is 2.12 bits per heavy atom. The van der Waals surface area contributed by atoms with E-state index in [1.807, 2.05) is 25.4 Å². The number of thiazole rings is 1. The molecule has 140 valence electrons. The maximum absolute atomic E-state index is 12.7. The smallest absolute Gasteiger partial charge is 0.223 e. The van der Waals surface area contributed by atoms with E-state index in [-0.39, 0.29) is 11.4 Å². The summed E-state index contributed by atoms with van der Waals surface area (Å²) in [4.78, 5) is 21.7. The maximum atomic E-state index is 12.7. The molecule has 0 N–H and O–H groups in total. The summed E-state index contributed by atoms with van der Waals surface area (Å²) < 4.78 is 5.32. The zero-order valence-corrected chi connectivity index (χ0v) is 16.3. The number of hydrogen-bond acceptors (Lipinski definition) is 6. The third kappa shape index (κ3) is 3.30. The topological polar surface area (TPSA) is 62.5 Å². The highest BCUT2D eigenvalue weighted by Gasteiger charge is 2.46. The summed E-state index contributed by atoms with van der Waals surface area (Å²) >= 11 is 1.72. The van der Waals surface area contributed by atoms with Crippen LogP contribution in [0.2, 0.25) is 0 Å². The van der Waals surface area contributed by atoms with Gasteiger partial charge in [-0.1, -0.05) is 5.16 Å². The average Bonchev–Trinajstić information content (AvgIpc) is 3.27. The molecule has 1 spiro atoms. The Morgan fingerprint density at radius 1 is 1.23 bits per heavy atom. The number of likely N-dealkylation sites (tertiary alicyclic amines) is 2. The van der Waals surface area contributed by atoms with Crippen LogP contribution >= 0.6 is 11.3 Å². The minimum atomic E-state index is -0.00907. The van der Waals surface area contributed by atoms with E-state index in [0.29, 0.717) is 13.0 Å². The van der Waals surface area contributed by atoms with Crippen molar-refractivity contribution in [3.05, 3.63) is 33.6 Å². The van der Waals surface area contributed by atoms with Gasteiger partial charge in [-0.25, -0.2) is 4.98 Å². The Bertz CT molecular complexity index is 753. The number of aryl methyl sites for hydroxylation is 2. The summed E-state index contributed by atoms with van der Waals surface area (Å²) in [6.07, 6.45) is 6.75. The number of aromatic nitrogens is 2. The van der Waals surface area contributed by atoms with Crippen molar-refractivity contribution in [2.24, 2.45) is 0 Å². The van der Waals surface area contributed by atoms with Crippen LogP contribution in [0.25, 0.3) is 0 Å². The van der Waals surface area contributed by atoms with E-state index in [9.17, 15) is 4.79 Å². The Balaban J connectivity index is 1.49. The van der Waals surface area contributed by atoms with Crippen LogP contribution < -0.4 is 0 Å². The molecule has 2 aromatic rings. The lowest BCUT2D eigenvalue weighted by atomic mass is 9.87. The Hall–Kier alpha value is -1.73. The summed E-state index contributed by atoms with van der Waals surface area (Å²) in [5.41, 5.74) is 1.96. The monoisotopic (exact) mass is 374 g/mol. The van der Waals surface area contributed by atoms with Gasteiger partial charge in [0.2, 0.25) is 5.91 Å².